The van der Waals surface area contributed by atoms with E-state index in [1.165, 1.54) is 0 Å². The molecule has 0 bridgehead atoms. The van der Waals surface area contributed by atoms with Crippen molar-refractivity contribution in [2.24, 2.45) is 4.99 Å². The van der Waals surface area contributed by atoms with Crippen molar-refractivity contribution in [1.82, 2.24) is 15.5 Å². The Morgan fingerprint density at radius 2 is 2.07 bits per heavy atom. The molecule has 1 aliphatic heterocycles. The molecule has 7 heteroatoms. The fourth-order valence-electron chi connectivity index (χ4n) is 2.83. The monoisotopic (exact) mass is 390 g/mol. The van der Waals surface area contributed by atoms with E-state index in [1.807, 2.05) is 18.2 Å². The van der Waals surface area contributed by atoms with Crippen molar-refractivity contribution in [3.63, 3.8) is 0 Å². The number of carbonyl (C=O) groups is 1. The number of fused-ring (bicyclic) bond motifs is 1. The van der Waals surface area contributed by atoms with E-state index in [0.717, 1.165) is 56.8 Å². The minimum atomic E-state index is -0.0311. The van der Waals surface area contributed by atoms with E-state index in [9.17, 15) is 4.79 Å². The molecule has 1 heterocycles. The van der Waals surface area contributed by atoms with Crippen LogP contribution in [0.3, 0.4) is 0 Å². The topological polar surface area (TPSA) is 75.2 Å². The first-order valence-corrected chi connectivity index (χ1v) is 10.2. The van der Waals surface area contributed by atoms with Gasteiger partial charge in [0.1, 0.15) is 12.3 Å². The molecule has 2 rings (SSSR count). The lowest BCUT2D eigenvalue weighted by Crippen LogP contribution is -2.42. The van der Waals surface area contributed by atoms with Gasteiger partial charge in [0.15, 0.2) is 5.96 Å². The number of nitrogens with one attached hydrogen (secondary N) is 2. The number of para-hydroxylation sites is 1. The molecule has 0 saturated carbocycles. The molecule has 0 radical (unpaired) electrons. The van der Waals surface area contributed by atoms with Crippen LogP contribution in [0.2, 0.25) is 0 Å². The highest BCUT2D eigenvalue weighted by atomic mass is 16.5. The Balaban J connectivity index is 1.93. The summed E-state index contributed by atoms with van der Waals surface area (Å²) in [5, 5.41) is 6.80. The maximum absolute atomic E-state index is 11.9. The predicted octanol–water partition coefficient (Wildman–Crippen LogP) is 2.34. The number of unbranched alkanes of at least 4 members (excludes halogenated alkanes) is 1. The van der Waals surface area contributed by atoms with Crippen LogP contribution >= 0.6 is 0 Å². The number of carbonyl (C=O) groups excluding carboxylic acids is 1. The summed E-state index contributed by atoms with van der Waals surface area (Å²) in [6.07, 6.45) is 3.97. The number of likely N-dealkylation sites (N-methyl/N-ethyl adjacent to an activating group) is 1. The highest BCUT2D eigenvalue weighted by molar-refractivity contribution is 5.85. The number of aliphatic imine (C=N–C) groups is 1. The van der Waals surface area contributed by atoms with Gasteiger partial charge in [-0.1, -0.05) is 31.5 Å². The van der Waals surface area contributed by atoms with Crippen LogP contribution in [-0.2, 0) is 9.53 Å². The molecule has 1 aliphatic rings. The van der Waals surface area contributed by atoms with Crippen LogP contribution < -0.4 is 15.4 Å². The highest BCUT2D eigenvalue weighted by Gasteiger charge is 2.22. The molecule has 0 spiro atoms. The van der Waals surface area contributed by atoms with E-state index < -0.39 is 0 Å². The smallest absolute Gasteiger partial charge is 0.243 e. The van der Waals surface area contributed by atoms with Crippen molar-refractivity contribution >= 4 is 11.9 Å². The molecule has 2 N–H and O–H groups in total. The lowest BCUT2D eigenvalue weighted by molar-refractivity contribution is -0.127. The number of ether oxygens (including phenoxy) is 2. The van der Waals surface area contributed by atoms with Crippen LogP contribution in [0.5, 0.6) is 5.75 Å². The first-order valence-electron chi connectivity index (χ1n) is 10.2. The number of guanidine groups is 1. The molecule has 0 saturated heterocycles. The molecule has 1 amide bonds. The predicted molar refractivity (Wildman–Crippen MR) is 112 cm³/mol. The average Bonchev–Trinajstić information content (AvgIpc) is 2.71. The van der Waals surface area contributed by atoms with Crippen LogP contribution in [0.4, 0.5) is 0 Å². The Morgan fingerprint density at radius 1 is 1.29 bits per heavy atom. The Bertz CT molecular complexity index is 634. The van der Waals surface area contributed by atoms with Gasteiger partial charge in [0.2, 0.25) is 5.91 Å². The van der Waals surface area contributed by atoms with Crippen molar-refractivity contribution in [3.05, 3.63) is 29.8 Å². The van der Waals surface area contributed by atoms with Crippen LogP contribution in [0.25, 0.3) is 0 Å². The summed E-state index contributed by atoms with van der Waals surface area (Å²) >= 11 is 0. The van der Waals surface area contributed by atoms with E-state index in [0.29, 0.717) is 12.6 Å². The van der Waals surface area contributed by atoms with Crippen LogP contribution in [-0.4, -0.2) is 63.8 Å². The Kier molecular flexibility index (Phi) is 9.62. The van der Waals surface area contributed by atoms with E-state index in [1.54, 1.807) is 19.0 Å². The van der Waals surface area contributed by atoms with Gasteiger partial charge in [-0.05, 0) is 18.9 Å². The SMILES string of the molecule is CCCCOCCCNC(=NCC(=O)N(C)C)NC1CCOc2ccccc21. The van der Waals surface area contributed by atoms with Gasteiger partial charge < -0.3 is 25.0 Å². The summed E-state index contributed by atoms with van der Waals surface area (Å²) in [5.74, 6) is 1.51. The summed E-state index contributed by atoms with van der Waals surface area (Å²) in [7, 11) is 3.47. The fourth-order valence-corrected chi connectivity index (χ4v) is 2.83. The molecule has 28 heavy (non-hydrogen) atoms. The van der Waals surface area contributed by atoms with Gasteiger partial charge in [-0.2, -0.15) is 0 Å². The largest absolute Gasteiger partial charge is 0.493 e. The maximum Gasteiger partial charge on any atom is 0.243 e. The summed E-state index contributed by atoms with van der Waals surface area (Å²) in [5.41, 5.74) is 1.12. The number of nitrogens with zero attached hydrogens (tertiary/aromatic N) is 2. The van der Waals surface area contributed by atoms with E-state index in [2.05, 4.69) is 28.6 Å². The van der Waals surface area contributed by atoms with Gasteiger partial charge in [0, 0.05) is 45.8 Å². The Morgan fingerprint density at radius 3 is 2.86 bits per heavy atom. The first-order chi connectivity index (χ1) is 13.6. The van der Waals surface area contributed by atoms with Gasteiger partial charge in [0.25, 0.3) is 0 Å². The van der Waals surface area contributed by atoms with Crippen molar-refractivity contribution < 1.29 is 14.3 Å². The summed E-state index contributed by atoms with van der Waals surface area (Å²) in [6, 6.07) is 8.14. The molecule has 0 aliphatic carbocycles. The molecule has 156 valence electrons. The molecular weight excluding hydrogens is 356 g/mol. The Labute approximate surface area is 168 Å². The summed E-state index contributed by atoms with van der Waals surface area (Å²) in [6.45, 7) is 5.19. The van der Waals surface area contributed by atoms with E-state index >= 15 is 0 Å². The minimum Gasteiger partial charge on any atom is -0.493 e. The second-order valence-electron chi connectivity index (χ2n) is 7.07. The zero-order chi connectivity index (χ0) is 20.2. The van der Waals surface area contributed by atoms with Gasteiger partial charge >= 0.3 is 0 Å². The maximum atomic E-state index is 11.9. The number of rotatable bonds is 10. The summed E-state index contributed by atoms with van der Waals surface area (Å²) < 4.78 is 11.3. The first kappa shape index (κ1) is 22.0. The third kappa shape index (κ3) is 7.38. The van der Waals surface area contributed by atoms with Gasteiger partial charge in [-0.3, -0.25) is 4.79 Å². The number of hydrogen-bond donors (Lipinski definition) is 2. The van der Waals surface area contributed by atoms with Crippen molar-refractivity contribution in [2.75, 3.05) is 47.0 Å². The second-order valence-corrected chi connectivity index (χ2v) is 7.07. The third-order valence-electron chi connectivity index (χ3n) is 4.54. The number of amides is 1. The van der Waals surface area contributed by atoms with Crippen molar-refractivity contribution in [1.29, 1.82) is 0 Å². The number of hydrogen-bond acceptors (Lipinski definition) is 4. The fraction of sp³-hybridized carbons (Fsp3) is 0.619. The average molecular weight is 391 g/mol. The molecule has 1 aromatic rings. The molecular formula is C21H34N4O3. The van der Waals surface area contributed by atoms with Crippen molar-refractivity contribution in [2.45, 2.75) is 38.6 Å². The molecule has 1 unspecified atom stereocenters. The van der Waals surface area contributed by atoms with Gasteiger partial charge in [-0.25, -0.2) is 4.99 Å². The standard InChI is InChI=1S/C21H34N4O3/c1-4-5-13-27-14-8-12-22-21(23-16-20(26)25(2)3)24-18-11-15-28-19-10-7-6-9-17(18)19/h6-7,9-10,18H,4-5,8,11-16H2,1-3H3,(H2,22,23,24). The van der Waals surface area contributed by atoms with Gasteiger partial charge in [-0.15, -0.1) is 0 Å². The quantitative estimate of drug-likeness (QED) is 0.364. The minimum absolute atomic E-state index is 0.0311. The zero-order valence-corrected chi connectivity index (χ0v) is 17.4. The molecule has 0 fully saturated rings. The third-order valence-corrected chi connectivity index (χ3v) is 4.54. The zero-order valence-electron chi connectivity index (χ0n) is 17.4. The molecule has 1 aromatic carbocycles. The van der Waals surface area contributed by atoms with E-state index in [-0.39, 0.29) is 18.5 Å². The molecule has 1 atom stereocenters. The second kappa shape index (κ2) is 12.2. The highest BCUT2D eigenvalue weighted by Crippen LogP contribution is 2.31. The Hall–Kier alpha value is -2.28. The lowest BCUT2D eigenvalue weighted by atomic mass is 10.0. The van der Waals surface area contributed by atoms with Crippen LogP contribution in [0.15, 0.2) is 29.3 Å². The molecule has 0 aromatic heterocycles. The summed E-state index contributed by atoms with van der Waals surface area (Å²) in [4.78, 5) is 18.0. The van der Waals surface area contributed by atoms with Crippen LogP contribution in [0.1, 0.15) is 44.2 Å². The molecule has 7 nitrogen and oxygen atoms in total. The lowest BCUT2D eigenvalue weighted by Gasteiger charge is -2.28. The van der Waals surface area contributed by atoms with Gasteiger partial charge in [0.05, 0.1) is 12.6 Å². The van der Waals surface area contributed by atoms with Crippen molar-refractivity contribution in [3.8, 4) is 5.75 Å². The normalized spacial score (nSPS) is 16.1. The van der Waals surface area contributed by atoms with E-state index in [4.69, 9.17) is 9.47 Å². The number of benzene rings is 1. The van der Waals surface area contributed by atoms with Crippen LogP contribution in [0, 0.1) is 0 Å².